The van der Waals surface area contributed by atoms with Crippen molar-refractivity contribution in [3.63, 3.8) is 0 Å². The van der Waals surface area contributed by atoms with Crippen molar-refractivity contribution in [3.8, 4) is 0 Å². The van der Waals surface area contributed by atoms with E-state index in [2.05, 4.69) is 12.2 Å². The van der Waals surface area contributed by atoms with Crippen LogP contribution in [0.15, 0.2) is 0 Å². The summed E-state index contributed by atoms with van der Waals surface area (Å²) in [6.45, 7) is 5.23. The Morgan fingerprint density at radius 2 is 2.45 bits per heavy atom. The number of ether oxygens (including phenoxy) is 1. The van der Waals surface area contributed by atoms with Crippen molar-refractivity contribution in [2.24, 2.45) is 0 Å². The fourth-order valence-electron chi connectivity index (χ4n) is 1.37. The van der Waals surface area contributed by atoms with E-state index >= 15 is 0 Å². The predicted molar refractivity (Wildman–Crippen MR) is 46.8 cm³/mol. The molecule has 0 radical (unpaired) electrons. The van der Waals surface area contributed by atoms with Crippen LogP contribution in [-0.2, 0) is 4.74 Å². The minimum Gasteiger partial charge on any atom is -0.380 e. The van der Waals surface area contributed by atoms with E-state index in [1.165, 1.54) is 32.2 Å². The summed E-state index contributed by atoms with van der Waals surface area (Å²) in [7, 11) is 0. The van der Waals surface area contributed by atoms with Crippen LogP contribution in [0.25, 0.3) is 0 Å². The molecule has 0 unspecified atom stereocenters. The molecule has 1 rings (SSSR count). The lowest BCUT2D eigenvalue weighted by molar-refractivity contribution is 0.113. The normalized spacial score (nSPS) is 24.3. The smallest absolute Gasteiger partial charge is 0.0619 e. The zero-order chi connectivity index (χ0) is 7.94. The fraction of sp³-hybridized carbons (Fsp3) is 1.00. The number of rotatable bonds is 5. The van der Waals surface area contributed by atoms with Crippen molar-refractivity contribution in [3.05, 3.63) is 0 Å². The lowest BCUT2D eigenvalue weighted by atomic mass is 10.2. The largest absolute Gasteiger partial charge is 0.380 e. The highest BCUT2D eigenvalue weighted by molar-refractivity contribution is 4.72. The molecule has 2 heteroatoms. The Bertz CT molecular complexity index is 89.6. The van der Waals surface area contributed by atoms with Crippen LogP contribution in [0.4, 0.5) is 0 Å². The van der Waals surface area contributed by atoms with Gasteiger partial charge in [0.2, 0.25) is 0 Å². The maximum Gasteiger partial charge on any atom is 0.0619 e. The molecule has 0 aromatic carbocycles. The van der Waals surface area contributed by atoms with E-state index in [1.54, 1.807) is 0 Å². The van der Waals surface area contributed by atoms with Gasteiger partial charge in [0.1, 0.15) is 0 Å². The lowest BCUT2D eigenvalue weighted by Gasteiger charge is -2.09. The van der Waals surface area contributed by atoms with E-state index in [0.717, 1.165) is 13.2 Å². The molecule has 0 bridgehead atoms. The van der Waals surface area contributed by atoms with E-state index in [1.807, 2.05) is 0 Å². The van der Waals surface area contributed by atoms with Crippen LogP contribution in [0, 0.1) is 0 Å². The summed E-state index contributed by atoms with van der Waals surface area (Å²) >= 11 is 0. The molecular formula is C9H19NO. The molecule has 1 heterocycles. The van der Waals surface area contributed by atoms with E-state index in [4.69, 9.17) is 4.74 Å². The summed E-state index contributed by atoms with van der Waals surface area (Å²) in [6, 6.07) is 0.645. The molecule has 66 valence electrons. The Morgan fingerprint density at radius 3 is 3.09 bits per heavy atom. The minimum absolute atomic E-state index is 0.645. The molecule has 0 aromatic rings. The maximum atomic E-state index is 5.50. The second-order valence-electron chi connectivity index (χ2n) is 3.22. The molecular weight excluding hydrogens is 138 g/mol. The van der Waals surface area contributed by atoms with Crippen LogP contribution in [0.5, 0.6) is 0 Å². The van der Waals surface area contributed by atoms with Gasteiger partial charge >= 0.3 is 0 Å². The van der Waals surface area contributed by atoms with E-state index in [-0.39, 0.29) is 0 Å². The zero-order valence-corrected chi connectivity index (χ0v) is 7.44. The van der Waals surface area contributed by atoms with Crippen LogP contribution < -0.4 is 5.32 Å². The SMILES string of the molecule is CCCCOC[C@H]1CCCN1. The van der Waals surface area contributed by atoms with E-state index < -0.39 is 0 Å². The van der Waals surface area contributed by atoms with Crippen molar-refractivity contribution in [2.75, 3.05) is 19.8 Å². The first kappa shape index (κ1) is 9.01. The third-order valence-corrected chi connectivity index (χ3v) is 2.12. The van der Waals surface area contributed by atoms with Gasteiger partial charge in [-0.1, -0.05) is 13.3 Å². The zero-order valence-electron chi connectivity index (χ0n) is 7.44. The third-order valence-electron chi connectivity index (χ3n) is 2.12. The first-order valence-electron chi connectivity index (χ1n) is 4.74. The van der Waals surface area contributed by atoms with Gasteiger partial charge in [-0.25, -0.2) is 0 Å². The van der Waals surface area contributed by atoms with Crippen molar-refractivity contribution in [2.45, 2.75) is 38.6 Å². The highest BCUT2D eigenvalue weighted by atomic mass is 16.5. The monoisotopic (exact) mass is 157 g/mol. The molecule has 0 spiro atoms. The summed E-state index contributed by atoms with van der Waals surface area (Å²) in [5.41, 5.74) is 0. The molecule has 1 aliphatic rings. The van der Waals surface area contributed by atoms with Gasteiger partial charge in [-0.2, -0.15) is 0 Å². The second kappa shape index (κ2) is 5.56. The topological polar surface area (TPSA) is 21.3 Å². The average molecular weight is 157 g/mol. The fourth-order valence-corrected chi connectivity index (χ4v) is 1.37. The van der Waals surface area contributed by atoms with Gasteiger partial charge in [-0.05, 0) is 25.8 Å². The van der Waals surface area contributed by atoms with Crippen molar-refractivity contribution < 1.29 is 4.74 Å². The number of nitrogens with one attached hydrogen (secondary N) is 1. The van der Waals surface area contributed by atoms with Gasteiger partial charge in [-0.15, -0.1) is 0 Å². The molecule has 1 fully saturated rings. The molecule has 0 aromatic heterocycles. The predicted octanol–water partition coefficient (Wildman–Crippen LogP) is 1.56. The van der Waals surface area contributed by atoms with E-state index in [0.29, 0.717) is 6.04 Å². The number of hydrogen-bond donors (Lipinski definition) is 1. The quantitative estimate of drug-likeness (QED) is 0.611. The van der Waals surface area contributed by atoms with Gasteiger partial charge in [0.05, 0.1) is 6.61 Å². The van der Waals surface area contributed by atoms with Crippen molar-refractivity contribution in [1.82, 2.24) is 5.32 Å². The molecule has 1 atom stereocenters. The van der Waals surface area contributed by atoms with Crippen LogP contribution in [-0.4, -0.2) is 25.8 Å². The summed E-state index contributed by atoms with van der Waals surface area (Å²) in [4.78, 5) is 0. The molecule has 0 aliphatic carbocycles. The number of hydrogen-bond acceptors (Lipinski definition) is 2. The second-order valence-corrected chi connectivity index (χ2v) is 3.22. The van der Waals surface area contributed by atoms with E-state index in [9.17, 15) is 0 Å². The Labute approximate surface area is 69.3 Å². The van der Waals surface area contributed by atoms with Crippen LogP contribution >= 0.6 is 0 Å². The summed E-state index contributed by atoms with van der Waals surface area (Å²) in [6.07, 6.45) is 5.05. The first-order chi connectivity index (χ1) is 5.43. The summed E-state index contributed by atoms with van der Waals surface area (Å²) < 4.78 is 5.50. The Morgan fingerprint density at radius 1 is 1.55 bits per heavy atom. The highest BCUT2D eigenvalue weighted by Gasteiger charge is 2.12. The van der Waals surface area contributed by atoms with Crippen LogP contribution in [0.2, 0.25) is 0 Å². The van der Waals surface area contributed by atoms with Gasteiger partial charge in [0.25, 0.3) is 0 Å². The average Bonchev–Trinajstić information content (AvgIpc) is 2.50. The minimum atomic E-state index is 0.645. The molecule has 1 N–H and O–H groups in total. The summed E-state index contributed by atoms with van der Waals surface area (Å²) in [5, 5.41) is 3.41. The first-order valence-corrected chi connectivity index (χ1v) is 4.74. The van der Waals surface area contributed by atoms with Crippen molar-refractivity contribution >= 4 is 0 Å². The molecule has 1 aliphatic heterocycles. The molecule has 0 saturated carbocycles. The van der Waals surface area contributed by atoms with Crippen LogP contribution in [0.1, 0.15) is 32.6 Å². The van der Waals surface area contributed by atoms with Gasteiger partial charge in [0.15, 0.2) is 0 Å². The Balaban J connectivity index is 1.86. The van der Waals surface area contributed by atoms with Gasteiger partial charge in [-0.3, -0.25) is 0 Å². The van der Waals surface area contributed by atoms with Gasteiger partial charge < -0.3 is 10.1 Å². The lowest BCUT2D eigenvalue weighted by Crippen LogP contribution is -2.26. The Kier molecular flexibility index (Phi) is 4.55. The highest BCUT2D eigenvalue weighted by Crippen LogP contribution is 2.04. The third kappa shape index (κ3) is 3.73. The summed E-state index contributed by atoms with van der Waals surface area (Å²) in [5.74, 6) is 0. The molecule has 2 nitrogen and oxygen atoms in total. The maximum absolute atomic E-state index is 5.50. The Hall–Kier alpha value is -0.0800. The molecule has 11 heavy (non-hydrogen) atoms. The molecule has 0 amide bonds. The van der Waals surface area contributed by atoms with Gasteiger partial charge in [0, 0.05) is 12.6 Å². The number of unbranched alkanes of at least 4 members (excludes halogenated alkanes) is 1. The molecule has 1 saturated heterocycles. The van der Waals surface area contributed by atoms with Crippen molar-refractivity contribution in [1.29, 1.82) is 0 Å². The van der Waals surface area contributed by atoms with Crippen LogP contribution in [0.3, 0.4) is 0 Å². The standard InChI is InChI=1S/C9H19NO/c1-2-3-7-11-8-9-5-4-6-10-9/h9-10H,2-8H2,1H3/t9-/m1/s1.